The van der Waals surface area contributed by atoms with Crippen molar-refractivity contribution in [3.05, 3.63) is 59.2 Å². The molecule has 1 heteroatoms. The molecule has 1 atom stereocenters. The van der Waals surface area contributed by atoms with Crippen molar-refractivity contribution in [2.75, 3.05) is 0 Å². The van der Waals surface area contributed by atoms with Gasteiger partial charge in [0, 0.05) is 10.7 Å². The van der Waals surface area contributed by atoms with Crippen LogP contribution in [0.5, 0.6) is 0 Å². The molecule has 20 heavy (non-hydrogen) atoms. The molecule has 0 nitrogen and oxygen atoms in total. The SMILES string of the molecule is CCCCC1(C)c2ccccc2-c2cccc(CBr)c21. The Morgan fingerprint density at radius 3 is 2.50 bits per heavy atom. The van der Waals surface area contributed by atoms with Gasteiger partial charge in [-0.25, -0.2) is 0 Å². The lowest BCUT2D eigenvalue weighted by atomic mass is 9.75. The quantitative estimate of drug-likeness (QED) is 0.598. The van der Waals surface area contributed by atoms with Crippen LogP contribution in [0.15, 0.2) is 42.5 Å². The first-order valence-electron chi connectivity index (χ1n) is 7.50. The van der Waals surface area contributed by atoms with Crippen LogP contribution >= 0.6 is 15.9 Å². The monoisotopic (exact) mass is 328 g/mol. The van der Waals surface area contributed by atoms with Crippen molar-refractivity contribution in [3.63, 3.8) is 0 Å². The van der Waals surface area contributed by atoms with Crippen LogP contribution in [0, 0.1) is 0 Å². The smallest absolute Gasteiger partial charge is 0.0286 e. The maximum absolute atomic E-state index is 3.68. The molecule has 0 saturated heterocycles. The van der Waals surface area contributed by atoms with Gasteiger partial charge in [0.05, 0.1) is 0 Å². The first kappa shape index (κ1) is 13.9. The normalized spacial score (nSPS) is 19.8. The molecule has 0 heterocycles. The van der Waals surface area contributed by atoms with Crippen molar-refractivity contribution in [2.24, 2.45) is 0 Å². The Morgan fingerprint density at radius 1 is 1.00 bits per heavy atom. The Balaban J connectivity index is 2.25. The molecule has 3 rings (SSSR count). The lowest BCUT2D eigenvalue weighted by Crippen LogP contribution is -2.22. The molecule has 104 valence electrons. The second-order valence-electron chi connectivity index (χ2n) is 5.95. The Hall–Kier alpha value is -1.08. The summed E-state index contributed by atoms with van der Waals surface area (Å²) >= 11 is 3.68. The van der Waals surface area contributed by atoms with Gasteiger partial charge in [0.15, 0.2) is 0 Å². The van der Waals surface area contributed by atoms with Crippen molar-refractivity contribution in [2.45, 2.75) is 43.9 Å². The van der Waals surface area contributed by atoms with Gasteiger partial charge in [0.1, 0.15) is 0 Å². The van der Waals surface area contributed by atoms with Crippen LogP contribution in [-0.4, -0.2) is 0 Å². The minimum Gasteiger partial charge on any atom is -0.0876 e. The Bertz CT molecular complexity index is 629. The molecule has 0 saturated carbocycles. The minimum atomic E-state index is 0.173. The molecular weight excluding hydrogens is 308 g/mol. The zero-order valence-electron chi connectivity index (χ0n) is 12.2. The fourth-order valence-electron chi connectivity index (χ4n) is 3.71. The zero-order valence-corrected chi connectivity index (χ0v) is 13.8. The molecular formula is C19H21Br. The van der Waals surface area contributed by atoms with Crippen LogP contribution in [0.1, 0.15) is 49.8 Å². The van der Waals surface area contributed by atoms with Crippen LogP contribution in [0.3, 0.4) is 0 Å². The van der Waals surface area contributed by atoms with Crippen LogP contribution < -0.4 is 0 Å². The number of hydrogen-bond donors (Lipinski definition) is 0. The molecule has 1 unspecified atom stereocenters. The van der Waals surface area contributed by atoms with E-state index in [1.807, 2.05) is 0 Å². The van der Waals surface area contributed by atoms with Gasteiger partial charge >= 0.3 is 0 Å². The van der Waals surface area contributed by atoms with Gasteiger partial charge in [-0.05, 0) is 34.2 Å². The predicted molar refractivity (Wildman–Crippen MR) is 90.5 cm³/mol. The Kier molecular flexibility index (Phi) is 3.72. The lowest BCUT2D eigenvalue weighted by molar-refractivity contribution is 0.502. The zero-order chi connectivity index (χ0) is 14.2. The highest BCUT2D eigenvalue weighted by atomic mass is 79.9. The third-order valence-electron chi connectivity index (χ3n) is 4.69. The van der Waals surface area contributed by atoms with Gasteiger partial charge < -0.3 is 0 Å². The topological polar surface area (TPSA) is 0 Å². The third kappa shape index (κ3) is 1.95. The second kappa shape index (κ2) is 5.37. The van der Waals surface area contributed by atoms with Crippen molar-refractivity contribution >= 4 is 15.9 Å². The molecule has 1 aliphatic rings. The second-order valence-corrected chi connectivity index (χ2v) is 6.52. The average Bonchev–Trinajstić information content (AvgIpc) is 2.76. The van der Waals surface area contributed by atoms with Gasteiger partial charge in [0.25, 0.3) is 0 Å². The first-order chi connectivity index (χ1) is 9.72. The Morgan fingerprint density at radius 2 is 1.75 bits per heavy atom. The highest BCUT2D eigenvalue weighted by Gasteiger charge is 2.39. The molecule has 0 radical (unpaired) electrons. The highest BCUT2D eigenvalue weighted by Crippen LogP contribution is 2.52. The predicted octanol–water partition coefficient (Wildman–Crippen LogP) is 6.06. The number of halogens is 1. The van der Waals surface area contributed by atoms with E-state index in [1.165, 1.54) is 41.5 Å². The standard InChI is InChI=1S/C19H21Br/c1-3-4-12-19(2)17-11-6-5-9-15(17)16-10-7-8-14(13-20)18(16)19/h5-11H,3-4,12-13H2,1-2H3. The van der Waals surface area contributed by atoms with Crippen molar-refractivity contribution in [1.82, 2.24) is 0 Å². The lowest BCUT2D eigenvalue weighted by Gasteiger charge is -2.29. The molecule has 0 aromatic heterocycles. The first-order valence-corrected chi connectivity index (χ1v) is 8.62. The summed E-state index contributed by atoms with van der Waals surface area (Å²) in [6.07, 6.45) is 3.77. The molecule has 0 amide bonds. The van der Waals surface area contributed by atoms with Crippen LogP contribution in [0.2, 0.25) is 0 Å². The summed E-state index contributed by atoms with van der Waals surface area (Å²) in [5, 5.41) is 0.936. The van der Waals surface area contributed by atoms with E-state index in [9.17, 15) is 0 Å². The molecule has 2 aromatic rings. The summed E-state index contributed by atoms with van der Waals surface area (Å²) in [4.78, 5) is 0. The molecule has 0 spiro atoms. The number of alkyl halides is 1. The maximum atomic E-state index is 3.68. The third-order valence-corrected chi connectivity index (χ3v) is 5.29. The van der Waals surface area contributed by atoms with Crippen LogP contribution in [-0.2, 0) is 10.7 Å². The summed E-state index contributed by atoms with van der Waals surface area (Å²) in [6.45, 7) is 4.71. The largest absolute Gasteiger partial charge is 0.0876 e. The molecule has 1 aliphatic carbocycles. The van der Waals surface area contributed by atoms with Crippen molar-refractivity contribution in [1.29, 1.82) is 0 Å². The van der Waals surface area contributed by atoms with E-state index in [4.69, 9.17) is 0 Å². The summed E-state index contributed by atoms with van der Waals surface area (Å²) in [5.41, 5.74) is 7.55. The average molecular weight is 329 g/mol. The van der Waals surface area contributed by atoms with E-state index >= 15 is 0 Å². The van der Waals surface area contributed by atoms with Crippen LogP contribution in [0.25, 0.3) is 11.1 Å². The van der Waals surface area contributed by atoms with E-state index in [0.717, 1.165) is 5.33 Å². The van der Waals surface area contributed by atoms with E-state index in [0.29, 0.717) is 0 Å². The number of fused-ring (bicyclic) bond motifs is 3. The number of unbranched alkanes of at least 4 members (excludes halogenated alkanes) is 1. The molecule has 0 fully saturated rings. The Labute approximate surface area is 130 Å². The van der Waals surface area contributed by atoms with Gasteiger partial charge in [-0.1, -0.05) is 85.1 Å². The van der Waals surface area contributed by atoms with Crippen molar-refractivity contribution in [3.8, 4) is 11.1 Å². The van der Waals surface area contributed by atoms with Gasteiger partial charge in [-0.2, -0.15) is 0 Å². The number of hydrogen-bond acceptors (Lipinski definition) is 0. The molecule has 0 N–H and O–H groups in total. The summed E-state index contributed by atoms with van der Waals surface area (Å²) in [6, 6.07) is 15.7. The summed E-state index contributed by atoms with van der Waals surface area (Å²) in [7, 11) is 0. The number of benzene rings is 2. The van der Waals surface area contributed by atoms with Gasteiger partial charge in [-0.15, -0.1) is 0 Å². The van der Waals surface area contributed by atoms with E-state index < -0.39 is 0 Å². The highest BCUT2D eigenvalue weighted by molar-refractivity contribution is 9.08. The van der Waals surface area contributed by atoms with Gasteiger partial charge in [0.2, 0.25) is 0 Å². The van der Waals surface area contributed by atoms with Gasteiger partial charge in [-0.3, -0.25) is 0 Å². The minimum absolute atomic E-state index is 0.173. The van der Waals surface area contributed by atoms with E-state index in [-0.39, 0.29) is 5.41 Å². The molecule has 0 bridgehead atoms. The molecule has 0 aliphatic heterocycles. The summed E-state index contributed by atoms with van der Waals surface area (Å²) in [5.74, 6) is 0. The van der Waals surface area contributed by atoms with E-state index in [1.54, 1.807) is 5.56 Å². The molecule has 2 aromatic carbocycles. The summed E-state index contributed by atoms with van der Waals surface area (Å²) < 4.78 is 0. The van der Waals surface area contributed by atoms with Crippen molar-refractivity contribution < 1.29 is 0 Å². The maximum Gasteiger partial charge on any atom is 0.0286 e. The van der Waals surface area contributed by atoms with E-state index in [2.05, 4.69) is 72.2 Å². The fourth-order valence-corrected chi connectivity index (χ4v) is 4.18. The number of rotatable bonds is 4. The van der Waals surface area contributed by atoms with Crippen LogP contribution in [0.4, 0.5) is 0 Å². The fraction of sp³-hybridized carbons (Fsp3) is 0.368.